The van der Waals surface area contributed by atoms with Crippen LogP contribution in [0.15, 0.2) is 91.3 Å². The molecule has 3 heterocycles. The Kier molecular flexibility index (Phi) is 7.99. The minimum atomic E-state index is -0.609. The first-order valence-electron chi connectivity index (χ1n) is 14.0. The standard InChI is InChI=1S/C33H29FN4O5/c34-26-11-21-12-28(15-26)43-30-9-10-38(33(41)22-5-2-1-3-6-22)19-29(30)37-32(40)25-13-24(17-35-18-25)23-7-4-8-27(14-23)42-20-31(39)36-16-21/h1-8,11-15,17-18,29-30H,9-10,16,19-20H2,(H,36,39)(H,37,40)/t29-,30+/m1/s1. The van der Waals surface area contributed by atoms with Gasteiger partial charge in [-0.15, -0.1) is 0 Å². The number of carbonyl (C=O) groups excluding carboxylic acids is 3. The van der Waals surface area contributed by atoms with E-state index in [-0.39, 0.29) is 43.2 Å². The van der Waals surface area contributed by atoms with Crippen LogP contribution in [0.25, 0.3) is 11.1 Å². The number of amides is 3. The van der Waals surface area contributed by atoms with Crippen LogP contribution in [0.4, 0.5) is 4.39 Å². The number of nitrogens with one attached hydrogen (secondary N) is 2. The van der Waals surface area contributed by atoms with Crippen LogP contribution in [0, 0.1) is 5.82 Å². The van der Waals surface area contributed by atoms with Gasteiger partial charge >= 0.3 is 0 Å². The molecule has 1 aromatic heterocycles. The van der Waals surface area contributed by atoms with Gasteiger partial charge in [0, 0.05) is 55.6 Å². The molecule has 6 bridgehead atoms. The highest BCUT2D eigenvalue weighted by Gasteiger charge is 2.35. The summed E-state index contributed by atoms with van der Waals surface area (Å²) in [5.41, 5.74) is 2.80. The number of fused-ring (bicyclic) bond motifs is 8. The zero-order valence-corrected chi connectivity index (χ0v) is 23.2. The maximum Gasteiger partial charge on any atom is 0.258 e. The molecule has 9 nitrogen and oxygen atoms in total. The van der Waals surface area contributed by atoms with E-state index >= 15 is 0 Å². The van der Waals surface area contributed by atoms with E-state index in [4.69, 9.17) is 9.47 Å². The summed E-state index contributed by atoms with van der Waals surface area (Å²) in [7, 11) is 0. The number of halogens is 1. The highest BCUT2D eigenvalue weighted by molar-refractivity contribution is 5.96. The largest absolute Gasteiger partial charge is 0.488 e. The molecule has 2 aliphatic rings. The molecule has 1 saturated heterocycles. The van der Waals surface area contributed by atoms with Crippen LogP contribution in [0.3, 0.4) is 0 Å². The summed E-state index contributed by atoms with van der Waals surface area (Å²) >= 11 is 0. The Balaban J connectivity index is 1.34. The van der Waals surface area contributed by atoms with Gasteiger partial charge in [0.15, 0.2) is 6.61 Å². The number of ether oxygens (including phenoxy) is 2. The van der Waals surface area contributed by atoms with Gasteiger partial charge in [-0.2, -0.15) is 0 Å². The molecule has 43 heavy (non-hydrogen) atoms. The number of rotatable bonds is 1. The third-order valence-corrected chi connectivity index (χ3v) is 7.42. The molecule has 0 saturated carbocycles. The fourth-order valence-electron chi connectivity index (χ4n) is 5.26. The molecule has 4 aromatic rings. The lowest BCUT2D eigenvalue weighted by Gasteiger charge is -2.39. The third kappa shape index (κ3) is 6.64. The highest BCUT2D eigenvalue weighted by Crippen LogP contribution is 2.26. The van der Waals surface area contributed by atoms with Gasteiger partial charge in [0.2, 0.25) is 0 Å². The number of carbonyl (C=O) groups is 3. The molecular weight excluding hydrogens is 551 g/mol. The zero-order valence-electron chi connectivity index (χ0n) is 23.2. The number of nitrogens with zero attached hydrogens (tertiary/aromatic N) is 2. The van der Waals surface area contributed by atoms with E-state index in [0.29, 0.717) is 41.0 Å². The molecular formula is C33H29FN4O5. The van der Waals surface area contributed by atoms with Crippen LogP contribution < -0.4 is 20.1 Å². The normalized spacial score (nSPS) is 18.8. The molecule has 10 heteroatoms. The Morgan fingerprint density at radius 2 is 1.74 bits per heavy atom. The summed E-state index contributed by atoms with van der Waals surface area (Å²) in [4.78, 5) is 45.3. The summed E-state index contributed by atoms with van der Waals surface area (Å²) in [6.07, 6.45) is 2.95. The van der Waals surface area contributed by atoms with E-state index in [1.54, 1.807) is 65.7 Å². The third-order valence-electron chi connectivity index (χ3n) is 7.42. The van der Waals surface area contributed by atoms with Crippen molar-refractivity contribution in [3.05, 3.63) is 114 Å². The van der Waals surface area contributed by atoms with E-state index in [0.717, 1.165) is 5.56 Å². The van der Waals surface area contributed by atoms with Gasteiger partial charge < -0.3 is 25.0 Å². The van der Waals surface area contributed by atoms with Crippen molar-refractivity contribution in [1.29, 1.82) is 0 Å². The lowest BCUT2D eigenvalue weighted by molar-refractivity contribution is -0.123. The van der Waals surface area contributed by atoms with E-state index < -0.39 is 18.0 Å². The molecule has 0 radical (unpaired) electrons. The Morgan fingerprint density at radius 1 is 0.907 bits per heavy atom. The second-order valence-corrected chi connectivity index (χ2v) is 10.5. The maximum absolute atomic E-state index is 14.6. The van der Waals surface area contributed by atoms with E-state index in [9.17, 15) is 18.8 Å². The average molecular weight is 581 g/mol. The molecule has 2 atom stereocenters. The second-order valence-electron chi connectivity index (χ2n) is 10.5. The number of aromatic nitrogens is 1. The van der Waals surface area contributed by atoms with Crippen LogP contribution in [-0.4, -0.2) is 59.4 Å². The van der Waals surface area contributed by atoms with Gasteiger partial charge in [0.1, 0.15) is 23.4 Å². The van der Waals surface area contributed by atoms with Crippen LogP contribution in [-0.2, 0) is 11.3 Å². The molecule has 1 fully saturated rings. The summed E-state index contributed by atoms with van der Waals surface area (Å²) in [6, 6.07) is 21.4. The summed E-state index contributed by atoms with van der Waals surface area (Å²) in [5, 5.41) is 5.78. The van der Waals surface area contributed by atoms with Gasteiger partial charge in [0.05, 0.1) is 11.6 Å². The first kappa shape index (κ1) is 27.9. The van der Waals surface area contributed by atoms with Crippen molar-refractivity contribution in [3.8, 4) is 22.6 Å². The monoisotopic (exact) mass is 580 g/mol. The smallest absolute Gasteiger partial charge is 0.258 e. The summed E-state index contributed by atoms with van der Waals surface area (Å²) in [6.45, 7) is 0.411. The predicted molar refractivity (Wildman–Crippen MR) is 156 cm³/mol. The predicted octanol–water partition coefficient (Wildman–Crippen LogP) is 3.99. The van der Waals surface area contributed by atoms with Gasteiger partial charge in [-0.3, -0.25) is 19.4 Å². The van der Waals surface area contributed by atoms with Crippen molar-refractivity contribution in [2.75, 3.05) is 19.7 Å². The number of hydrogen-bond acceptors (Lipinski definition) is 6. The topological polar surface area (TPSA) is 110 Å². The summed E-state index contributed by atoms with van der Waals surface area (Å²) in [5.74, 6) is -0.717. The van der Waals surface area contributed by atoms with Crippen molar-refractivity contribution in [1.82, 2.24) is 20.5 Å². The van der Waals surface area contributed by atoms with Gasteiger partial charge in [-0.1, -0.05) is 30.3 Å². The van der Waals surface area contributed by atoms with Crippen molar-refractivity contribution in [3.63, 3.8) is 0 Å². The molecule has 0 aliphatic carbocycles. The molecule has 2 N–H and O–H groups in total. The van der Waals surface area contributed by atoms with Gasteiger partial charge in [-0.05, 0) is 53.6 Å². The van der Waals surface area contributed by atoms with E-state index in [1.807, 2.05) is 12.1 Å². The molecule has 2 aliphatic heterocycles. The van der Waals surface area contributed by atoms with Crippen molar-refractivity contribution in [2.45, 2.75) is 25.1 Å². The number of hydrogen-bond donors (Lipinski definition) is 2. The van der Waals surface area contributed by atoms with Crippen LogP contribution in [0.2, 0.25) is 0 Å². The number of benzene rings is 3. The summed E-state index contributed by atoms with van der Waals surface area (Å²) < 4.78 is 26.6. The van der Waals surface area contributed by atoms with Crippen molar-refractivity contribution in [2.24, 2.45) is 0 Å². The van der Waals surface area contributed by atoms with Gasteiger partial charge in [-0.25, -0.2) is 4.39 Å². The van der Waals surface area contributed by atoms with Crippen LogP contribution in [0.5, 0.6) is 11.5 Å². The number of piperidine rings is 1. The quantitative estimate of drug-likeness (QED) is 0.353. The van der Waals surface area contributed by atoms with Crippen LogP contribution >= 0.6 is 0 Å². The maximum atomic E-state index is 14.6. The molecule has 0 spiro atoms. The van der Waals surface area contributed by atoms with Crippen LogP contribution in [0.1, 0.15) is 32.7 Å². The SMILES string of the molecule is O=C1COc2cccc(c2)-c2cncc(c2)C(=O)N[C@@H]2CN(C(=O)c3ccccc3)CC[C@@H]2Oc2cc(F)cc(c2)CN1. The Hall–Kier alpha value is -5.25. The minimum Gasteiger partial charge on any atom is -0.488 e. The van der Waals surface area contributed by atoms with E-state index in [1.165, 1.54) is 18.3 Å². The molecule has 0 unspecified atom stereocenters. The first-order valence-corrected chi connectivity index (χ1v) is 14.0. The fraction of sp³-hybridized carbons (Fsp3) is 0.212. The number of likely N-dealkylation sites (tertiary alicyclic amines) is 1. The zero-order chi connectivity index (χ0) is 29.8. The second kappa shape index (κ2) is 12.3. The molecule has 6 rings (SSSR count). The molecule has 3 aromatic carbocycles. The Bertz CT molecular complexity index is 1660. The van der Waals surface area contributed by atoms with Crippen molar-refractivity contribution < 1.29 is 28.2 Å². The fourth-order valence-corrected chi connectivity index (χ4v) is 5.26. The van der Waals surface area contributed by atoms with Crippen molar-refractivity contribution >= 4 is 17.7 Å². The molecule has 218 valence electrons. The number of pyridine rings is 1. The Morgan fingerprint density at radius 3 is 2.60 bits per heavy atom. The molecule has 3 amide bonds. The lowest BCUT2D eigenvalue weighted by atomic mass is 9.99. The van der Waals surface area contributed by atoms with Gasteiger partial charge in [0.25, 0.3) is 17.7 Å². The first-order chi connectivity index (χ1) is 20.9. The highest BCUT2D eigenvalue weighted by atomic mass is 19.1. The lowest BCUT2D eigenvalue weighted by Crippen LogP contribution is -2.58. The minimum absolute atomic E-state index is 0.0675. The average Bonchev–Trinajstić information content (AvgIpc) is 3.03. The Labute approximate surface area is 247 Å². The van der Waals surface area contributed by atoms with E-state index in [2.05, 4.69) is 15.6 Å².